The van der Waals surface area contributed by atoms with Crippen molar-refractivity contribution in [2.75, 3.05) is 5.32 Å². The van der Waals surface area contributed by atoms with Crippen LogP contribution in [-0.4, -0.2) is 26.6 Å². The van der Waals surface area contributed by atoms with Gasteiger partial charge in [0.05, 0.1) is 5.69 Å². The van der Waals surface area contributed by atoms with Crippen molar-refractivity contribution < 1.29 is 35.9 Å². The van der Waals surface area contributed by atoms with Crippen molar-refractivity contribution in [2.24, 2.45) is 5.73 Å². The van der Waals surface area contributed by atoms with Crippen LogP contribution in [0.4, 0.5) is 32.0 Å². The number of thiophene rings is 1. The van der Waals surface area contributed by atoms with E-state index in [0.29, 0.717) is 40.5 Å². The second-order valence-corrected chi connectivity index (χ2v) is 8.36. The highest BCUT2D eigenvalue weighted by Crippen LogP contribution is 2.48. The standard InChI is InChI=1S/C19H15F6N5O2S/c20-15(21)8-3-7(6-1-2-6)12-13(14(18(26)32)33-19(12)27-8)28-11(31)5-30-10(17(24)25)4-9(29-30)16(22)23/h3-4,6,15-17H,1-2,5H2,(H2,26,32)(H,28,31). The SMILES string of the molecule is NC(=O)c1sc2nc(C(F)F)cc(C3CC3)c2c1NC(=O)Cn1nc(C(F)F)cc1C(F)F. The van der Waals surface area contributed by atoms with Gasteiger partial charge in [-0.3, -0.25) is 14.3 Å². The molecule has 0 saturated heterocycles. The summed E-state index contributed by atoms with van der Waals surface area (Å²) in [4.78, 5) is 28.4. The van der Waals surface area contributed by atoms with E-state index < -0.39 is 54.7 Å². The third kappa shape index (κ3) is 4.51. The van der Waals surface area contributed by atoms with Gasteiger partial charge >= 0.3 is 0 Å². The van der Waals surface area contributed by atoms with Crippen LogP contribution in [0.1, 0.15) is 70.4 Å². The topological polar surface area (TPSA) is 103 Å². The van der Waals surface area contributed by atoms with E-state index in [1.807, 2.05) is 0 Å². The van der Waals surface area contributed by atoms with Crippen LogP contribution in [-0.2, 0) is 11.3 Å². The highest BCUT2D eigenvalue weighted by Gasteiger charge is 2.32. The fourth-order valence-electron chi connectivity index (χ4n) is 3.44. The van der Waals surface area contributed by atoms with E-state index in [1.54, 1.807) is 0 Å². The van der Waals surface area contributed by atoms with E-state index in [2.05, 4.69) is 15.4 Å². The third-order valence-corrected chi connectivity index (χ3v) is 6.11. The van der Waals surface area contributed by atoms with Crippen molar-refractivity contribution in [2.45, 2.75) is 44.6 Å². The summed E-state index contributed by atoms with van der Waals surface area (Å²) in [6, 6.07) is 1.70. The number of hydrogen-bond donors (Lipinski definition) is 2. The van der Waals surface area contributed by atoms with Crippen molar-refractivity contribution in [1.29, 1.82) is 0 Å². The maximum Gasteiger partial charge on any atom is 0.282 e. The Bertz CT molecular complexity index is 1240. The number of pyridine rings is 1. The van der Waals surface area contributed by atoms with Gasteiger partial charge in [-0.2, -0.15) is 5.10 Å². The molecule has 1 aliphatic carbocycles. The van der Waals surface area contributed by atoms with Crippen LogP contribution in [0.25, 0.3) is 10.2 Å². The second-order valence-electron chi connectivity index (χ2n) is 7.36. The Hall–Kier alpha value is -3.16. The Labute approximate surface area is 185 Å². The zero-order valence-electron chi connectivity index (χ0n) is 16.5. The highest BCUT2D eigenvalue weighted by molar-refractivity contribution is 7.21. The number of halogens is 6. The minimum absolute atomic E-state index is 0.0612. The summed E-state index contributed by atoms with van der Waals surface area (Å²) in [5, 5.41) is 6.00. The number of carbonyl (C=O) groups is 2. The number of amides is 2. The summed E-state index contributed by atoms with van der Waals surface area (Å²) in [6.07, 6.45) is -7.73. The van der Waals surface area contributed by atoms with E-state index in [1.165, 1.54) is 6.07 Å². The molecular formula is C19H15F6N5O2S. The number of nitrogens with one attached hydrogen (secondary N) is 1. The molecule has 0 bridgehead atoms. The number of hydrogen-bond acceptors (Lipinski definition) is 5. The van der Waals surface area contributed by atoms with Gasteiger partial charge in [-0.1, -0.05) is 0 Å². The van der Waals surface area contributed by atoms with Crippen molar-refractivity contribution in [1.82, 2.24) is 14.8 Å². The van der Waals surface area contributed by atoms with Gasteiger partial charge in [0, 0.05) is 5.39 Å². The zero-order chi connectivity index (χ0) is 24.0. The number of alkyl halides is 6. The lowest BCUT2D eigenvalue weighted by Crippen LogP contribution is -2.23. The minimum atomic E-state index is -3.17. The van der Waals surface area contributed by atoms with Gasteiger partial charge in [0.15, 0.2) is 0 Å². The van der Waals surface area contributed by atoms with Crippen LogP contribution >= 0.6 is 11.3 Å². The van der Waals surface area contributed by atoms with E-state index in [0.717, 1.165) is 0 Å². The number of primary amides is 1. The Morgan fingerprint density at radius 2 is 1.76 bits per heavy atom. The number of anilines is 1. The average molecular weight is 491 g/mol. The molecule has 3 aromatic heterocycles. The van der Waals surface area contributed by atoms with E-state index >= 15 is 0 Å². The molecule has 0 unspecified atom stereocenters. The number of nitrogens with zero attached hydrogens (tertiary/aromatic N) is 3. The number of rotatable bonds is 8. The van der Waals surface area contributed by atoms with Gasteiger partial charge in [-0.25, -0.2) is 31.3 Å². The van der Waals surface area contributed by atoms with Gasteiger partial charge in [0.25, 0.3) is 25.2 Å². The predicted octanol–water partition coefficient (Wildman–Crippen LogP) is 4.92. The lowest BCUT2D eigenvalue weighted by molar-refractivity contribution is -0.117. The Kier molecular flexibility index (Phi) is 6.03. The summed E-state index contributed by atoms with van der Waals surface area (Å²) >= 11 is 0.712. The predicted molar refractivity (Wildman–Crippen MR) is 106 cm³/mol. The highest BCUT2D eigenvalue weighted by atomic mass is 32.1. The summed E-state index contributed by atoms with van der Waals surface area (Å²) in [5.74, 6) is -1.99. The smallest absolute Gasteiger partial charge is 0.282 e. The Balaban J connectivity index is 1.73. The molecule has 0 spiro atoms. The van der Waals surface area contributed by atoms with E-state index in [9.17, 15) is 35.9 Å². The first-order chi connectivity index (χ1) is 15.6. The van der Waals surface area contributed by atoms with Crippen molar-refractivity contribution in [3.8, 4) is 0 Å². The molecule has 0 aromatic carbocycles. The number of fused-ring (bicyclic) bond motifs is 1. The largest absolute Gasteiger partial charge is 0.365 e. The number of nitrogens with two attached hydrogens (primary N) is 1. The van der Waals surface area contributed by atoms with Crippen LogP contribution < -0.4 is 11.1 Å². The van der Waals surface area contributed by atoms with Gasteiger partial charge in [-0.05, 0) is 36.5 Å². The zero-order valence-corrected chi connectivity index (χ0v) is 17.3. The molecule has 3 aromatic rings. The Morgan fingerprint density at radius 1 is 1.09 bits per heavy atom. The molecule has 0 radical (unpaired) electrons. The van der Waals surface area contributed by atoms with Crippen LogP contribution in [0.15, 0.2) is 12.1 Å². The molecule has 1 aliphatic rings. The molecule has 33 heavy (non-hydrogen) atoms. The molecule has 0 aliphatic heterocycles. The molecule has 7 nitrogen and oxygen atoms in total. The van der Waals surface area contributed by atoms with Crippen molar-refractivity contribution >= 4 is 39.1 Å². The molecular weight excluding hydrogens is 476 g/mol. The lowest BCUT2D eigenvalue weighted by Gasteiger charge is -2.11. The quantitative estimate of drug-likeness (QED) is 0.437. The first-order valence-corrected chi connectivity index (χ1v) is 10.4. The average Bonchev–Trinajstić information content (AvgIpc) is 3.38. The van der Waals surface area contributed by atoms with Crippen LogP contribution in [0.3, 0.4) is 0 Å². The first kappa shape index (κ1) is 23.0. The molecule has 3 heterocycles. The van der Waals surface area contributed by atoms with Crippen molar-refractivity contribution in [3.05, 3.63) is 39.7 Å². The normalized spacial score (nSPS) is 14.1. The van der Waals surface area contributed by atoms with Gasteiger partial charge in [0.1, 0.15) is 33.3 Å². The fraction of sp³-hybridized carbons (Fsp3) is 0.368. The van der Waals surface area contributed by atoms with E-state index in [-0.39, 0.29) is 26.7 Å². The molecule has 2 amide bonds. The summed E-state index contributed by atoms with van der Waals surface area (Å²) in [6.45, 7) is -0.858. The fourth-order valence-corrected chi connectivity index (χ4v) is 4.47. The number of carbonyl (C=O) groups excluding carboxylic acids is 2. The monoisotopic (exact) mass is 491 g/mol. The maximum atomic E-state index is 13.3. The third-order valence-electron chi connectivity index (χ3n) is 5.01. The van der Waals surface area contributed by atoms with Crippen LogP contribution in [0.5, 0.6) is 0 Å². The maximum absolute atomic E-state index is 13.3. The molecule has 3 N–H and O–H groups in total. The lowest BCUT2D eigenvalue weighted by atomic mass is 10.0. The second kappa shape index (κ2) is 8.65. The molecule has 14 heteroatoms. The van der Waals surface area contributed by atoms with Crippen molar-refractivity contribution in [3.63, 3.8) is 0 Å². The van der Waals surface area contributed by atoms with Crippen LogP contribution in [0, 0.1) is 0 Å². The Morgan fingerprint density at radius 3 is 2.30 bits per heavy atom. The molecule has 1 fully saturated rings. The summed E-state index contributed by atoms with van der Waals surface area (Å²) < 4.78 is 79.2. The molecule has 0 atom stereocenters. The minimum Gasteiger partial charge on any atom is -0.365 e. The summed E-state index contributed by atoms with van der Waals surface area (Å²) in [5.41, 5.74) is 3.48. The van der Waals surface area contributed by atoms with Crippen LogP contribution in [0.2, 0.25) is 0 Å². The summed E-state index contributed by atoms with van der Waals surface area (Å²) in [7, 11) is 0. The molecule has 176 valence electrons. The molecule has 1 saturated carbocycles. The van der Waals surface area contributed by atoms with Gasteiger partial charge < -0.3 is 11.1 Å². The first-order valence-electron chi connectivity index (χ1n) is 9.55. The van der Waals surface area contributed by atoms with Gasteiger partial charge in [0.2, 0.25) is 5.91 Å². The van der Waals surface area contributed by atoms with E-state index in [4.69, 9.17) is 5.73 Å². The van der Waals surface area contributed by atoms with Gasteiger partial charge in [-0.15, -0.1) is 11.3 Å². The molecule has 4 rings (SSSR count). The number of aromatic nitrogens is 3.